The molecule has 1 aromatic heterocycles. The topological polar surface area (TPSA) is 86.1 Å². The smallest absolute Gasteiger partial charge is 0.244 e. The first-order valence-electron chi connectivity index (χ1n) is 5.67. The number of rotatable bonds is 6. The molecule has 0 aliphatic heterocycles. The van der Waals surface area contributed by atoms with Crippen molar-refractivity contribution < 1.29 is 8.42 Å². The molecule has 0 amide bonds. The van der Waals surface area contributed by atoms with Gasteiger partial charge in [0.1, 0.15) is 10.7 Å². The Morgan fingerprint density at radius 2 is 2.26 bits per heavy atom. The van der Waals surface area contributed by atoms with E-state index in [0.717, 1.165) is 0 Å². The van der Waals surface area contributed by atoms with Crippen molar-refractivity contribution in [3.63, 3.8) is 0 Å². The highest BCUT2D eigenvalue weighted by Crippen LogP contribution is 2.24. The van der Waals surface area contributed by atoms with Crippen molar-refractivity contribution in [1.29, 1.82) is 5.26 Å². The van der Waals surface area contributed by atoms with Crippen LogP contribution in [0.1, 0.15) is 13.3 Å². The van der Waals surface area contributed by atoms with Crippen LogP contribution in [0.3, 0.4) is 0 Å². The summed E-state index contributed by atoms with van der Waals surface area (Å²) in [6, 6.07) is 3.28. The van der Waals surface area contributed by atoms with Gasteiger partial charge in [-0.3, -0.25) is 0 Å². The number of hydrogen-bond acceptors (Lipinski definition) is 5. The Bertz CT molecular complexity index is 583. The molecule has 1 rings (SSSR count). The highest BCUT2D eigenvalue weighted by molar-refractivity contribution is 7.89. The standard InChI is InChI=1S/C11H15ClN4O2S/c1-3-16(6-4-5-13)19(17,18)9-7-10(12)11(14-2)15-8-9/h7-8H,3-4,6H2,1-2H3,(H,14,15). The van der Waals surface area contributed by atoms with Crippen LogP contribution in [0.25, 0.3) is 0 Å². The van der Waals surface area contributed by atoms with Crippen LogP contribution in [-0.2, 0) is 10.0 Å². The van der Waals surface area contributed by atoms with E-state index in [-0.39, 0.29) is 29.4 Å². The molecule has 0 atom stereocenters. The third kappa shape index (κ3) is 3.56. The first-order chi connectivity index (χ1) is 8.97. The minimum absolute atomic E-state index is 0.0243. The number of nitriles is 1. The van der Waals surface area contributed by atoms with Gasteiger partial charge in [0.2, 0.25) is 10.0 Å². The molecule has 1 N–H and O–H groups in total. The van der Waals surface area contributed by atoms with E-state index in [4.69, 9.17) is 16.9 Å². The second kappa shape index (κ2) is 6.70. The van der Waals surface area contributed by atoms with Crippen molar-refractivity contribution in [3.8, 4) is 6.07 Å². The van der Waals surface area contributed by atoms with Crippen LogP contribution < -0.4 is 5.32 Å². The number of sulfonamides is 1. The first-order valence-corrected chi connectivity index (χ1v) is 7.49. The molecular formula is C11H15ClN4O2S. The average Bonchev–Trinajstić information content (AvgIpc) is 2.39. The van der Waals surface area contributed by atoms with Gasteiger partial charge in [-0.25, -0.2) is 13.4 Å². The van der Waals surface area contributed by atoms with Crippen LogP contribution in [-0.4, -0.2) is 37.8 Å². The third-order valence-electron chi connectivity index (χ3n) is 2.52. The summed E-state index contributed by atoms with van der Waals surface area (Å²) in [5, 5.41) is 11.5. The lowest BCUT2D eigenvalue weighted by molar-refractivity contribution is 0.435. The van der Waals surface area contributed by atoms with Gasteiger partial charge in [0.15, 0.2) is 0 Å². The Labute approximate surface area is 118 Å². The van der Waals surface area contributed by atoms with Gasteiger partial charge in [-0.15, -0.1) is 0 Å². The molecule has 6 nitrogen and oxygen atoms in total. The van der Waals surface area contributed by atoms with Crippen molar-refractivity contribution in [3.05, 3.63) is 17.3 Å². The molecule has 0 aromatic carbocycles. The van der Waals surface area contributed by atoms with E-state index < -0.39 is 10.0 Å². The second-order valence-corrected chi connectivity index (χ2v) is 6.00. The highest BCUT2D eigenvalue weighted by Gasteiger charge is 2.23. The number of pyridine rings is 1. The molecule has 0 unspecified atom stereocenters. The van der Waals surface area contributed by atoms with Crippen molar-refractivity contribution >= 4 is 27.4 Å². The zero-order valence-electron chi connectivity index (χ0n) is 10.7. The minimum Gasteiger partial charge on any atom is -0.372 e. The Morgan fingerprint density at radius 3 is 2.74 bits per heavy atom. The molecule has 0 bridgehead atoms. The van der Waals surface area contributed by atoms with E-state index >= 15 is 0 Å². The van der Waals surface area contributed by atoms with Crippen LogP contribution in [0.4, 0.5) is 5.82 Å². The van der Waals surface area contributed by atoms with Crippen LogP contribution in [0.5, 0.6) is 0 Å². The molecule has 104 valence electrons. The zero-order chi connectivity index (χ0) is 14.5. The summed E-state index contributed by atoms with van der Waals surface area (Å²) in [5.41, 5.74) is 0. The third-order valence-corrected chi connectivity index (χ3v) is 4.74. The summed E-state index contributed by atoms with van der Waals surface area (Å²) < 4.78 is 25.9. The zero-order valence-corrected chi connectivity index (χ0v) is 12.3. The van der Waals surface area contributed by atoms with Crippen LogP contribution >= 0.6 is 11.6 Å². The Kier molecular flexibility index (Phi) is 5.54. The fourth-order valence-corrected chi connectivity index (χ4v) is 3.27. The summed E-state index contributed by atoms with van der Waals surface area (Å²) in [6.07, 6.45) is 1.39. The number of nitrogens with zero attached hydrogens (tertiary/aromatic N) is 3. The number of aromatic nitrogens is 1. The summed E-state index contributed by atoms with van der Waals surface area (Å²) in [6.45, 7) is 2.15. The lowest BCUT2D eigenvalue weighted by Gasteiger charge is -2.19. The van der Waals surface area contributed by atoms with Crippen molar-refractivity contribution in [2.45, 2.75) is 18.2 Å². The quantitative estimate of drug-likeness (QED) is 0.864. The molecule has 0 aliphatic rings. The molecule has 0 saturated heterocycles. The average molecular weight is 303 g/mol. The van der Waals surface area contributed by atoms with Gasteiger partial charge in [-0.1, -0.05) is 18.5 Å². The summed E-state index contributed by atoms with van der Waals surface area (Å²) in [7, 11) is -2.02. The van der Waals surface area contributed by atoms with Crippen LogP contribution in [0, 0.1) is 11.3 Å². The normalized spacial score (nSPS) is 11.3. The van der Waals surface area contributed by atoms with E-state index in [2.05, 4.69) is 10.3 Å². The van der Waals surface area contributed by atoms with Crippen LogP contribution in [0.2, 0.25) is 5.02 Å². The van der Waals surface area contributed by atoms with E-state index in [0.29, 0.717) is 5.82 Å². The predicted molar refractivity (Wildman–Crippen MR) is 73.5 cm³/mol. The second-order valence-electron chi connectivity index (χ2n) is 3.66. The van der Waals surface area contributed by atoms with Gasteiger partial charge >= 0.3 is 0 Å². The molecule has 0 fully saturated rings. The fourth-order valence-electron chi connectivity index (χ4n) is 1.52. The van der Waals surface area contributed by atoms with E-state index in [1.54, 1.807) is 14.0 Å². The molecular weight excluding hydrogens is 288 g/mol. The summed E-state index contributed by atoms with van der Waals surface area (Å²) >= 11 is 5.93. The monoisotopic (exact) mass is 302 g/mol. The maximum atomic E-state index is 12.3. The minimum atomic E-state index is -3.66. The van der Waals surface area contributed by atoms with Gasteiger partial charge in [0.05, 0.1) is 11.1 Å². The Hall–Kier alpha value is -1.36. The molecule has 1 aromatic rings. The van der Waals surface area contributed by atoms with Crippen molar-refractivity contribution in [1.82, 2.24) is 9.29 Å². The largest absolute Gasteiger partial charge is 0.372 e. The van der Waals surface area contributed by atoms with E-state index in [9.17, 15) is 8.42 Å². The Balaban J connectivity index is 3.12. The molecule has 0 radical (unpaired) electrons. The van der Waals surface area contributed by atoms with Gasteiger partial charge in [0.25, 0.3) is 0 Å². The molecule has 1 heterocycles. The predicted octanol–water partition coefficient (Wildman–Crippen LogP) is 1.70. The van der Waals surface area contributed by atoms with Gasteiger partial charge < -0.3 is 5.32 Å². The maximum absolute atomic E-state index is 12.3. The molecule has 0 spiro atoms. The Morgan fingerprint density at radius 1 is 1.58 bits per heavy atom. The highest BCUT2D eigenvalue weighted by atomic mass is 35.5. The SMILES string of the molecule is CCN(CCC#N)S(=O)(=O)c1cnc(NC)c(Cl)c1. The lowest BCUT2D eigenvalue weighted by atomic mass is 10.4. The van der Waals surface area contributed by atoms with Crippen LogP contribution in [0.15, 0.2) is 17.2 Å². The van der Waals surface area contributed by atoms with Gasteiger partial charge in [0, 0.05) is 32.8 Å². The van der Waals surface area contributed by atoms with Gasteiger partial charge in [-0.05, 0) is 6.07 Å². The number of halogens is 1. The maximum Gasteiger partial charge on any atom is 0.244 e. The number of nitrogens with one attached hydrogen (secondary N) is 1. The molecule has 8 heteroatoms. The molecule has 0 aliphatic carbocycles. The van der Waals surface area contributed by atoms with Gasteiger partial charge in [-0.2, -0.15) is 9.57 Å². The van der Waals surface area contributed by atoms with Crippen molar-refractivity contribution in [2.24, 2.45) is 0 Å². The lowest BCUT2D eigenvalue weighted by Crippen LogP contribution is -2.31. The summed E-state index contributed by atoms with van der Waals surface area (Å²) in [5.74, 6) is 0.417. The van der Waals surface area contributed by atoms with Crippen molar-refractivity contribution in [2.75, 3.05) is 25.5 Å². The first kappa shape index (κ1) is 15.7. The molecule has 19 heavy (non-hydrogen) atoms. The summed E-state index contributed by atoms with van der Waals surface area (Å²) in [4.78, 5) is 3.97. The fraction of sp³-hybridized carbons (Fsp3) is 0.455. The number of anilines is 1. The molecule has 0 saturated carbocycles. The van der Waals surface area contributed by atoms with E-state index in [1.807, 2.05) is 6.07 Å². The van der Waals surface area contributed by atoms with E-state index in [1.165, 1.54) is 16.6 Å². The number of hydrogen-bond donors (Lipinski definition) is 1.